The molecule has 1 aliphatic rings. The third kappa shape index (κ3) is 4.77. The Labute approximate surface area is 166 Å². The van der Waals surface area contributed by atoms with E-state index in [0.717, 1.165) is 30.9 Å². The van der Waals surface area contributed by atoms with Crippen molar-refractivity contribution < 1.29 is 19.2 Å². The average Bonchev–Trinajstić information content (AvgIpc) is 3.21. The molecular weight excluding hydrogens is 386 g/mol. The number of nitrogens with zero attached hydrogens (tertiary/aromatic N) is 2. The molecule has 28 heavy (non-hydrogen) atoms. The van der Waals surface area contributed by atoms with E-state index < -0.39 is 23.4 Å². The maximum atomic E-state index is 12.0. The van der Waals surface area contributed by atoms with Gasteiger partial charge in [-0.15, -0.1) is 0 Å². The van der Waals surface area contributed by atoms with Crippen LogP contribution in [0.15, 0.2) is 42.5 Å². The summed E-state index contributed by atoms with van der Waals surface area (Å²) >= 11 is 5.87. The quantitative estimate of drug-likeness (QED) is 0.448. The van der Waals surface area contributed by atoms with Gasteiger partial charge in [0.05, 0.1) is 15.5 Å². The van der Waals surface area contributed by atoms with E-state index >= 15 is 0 Å². The molecule has 0 saturated carbocycles. The second kappa shape index (κ2) is 8.71. The van der Waals surface area contributed by atoms with Gasteiger partial charge in [-0.1, -0.05) is 11.6 Å². The fourth-order valence-electron chi connectivity index (χ4n) is 2.92. The number of carbonyl (C=O) groups is 2. The van der Waals surface area contributed by atoms with E-state index in [0.29, 0.717) is 5.69 Å². The molecule has 0 spiro atoms. The molecular formula is C19H18ClN3O5. The topological polar surface area (TPSA) is 102 Å². The normalized spacial score (nSPS) is 13.2. The van der Waals surface area contributed by atoms with E-state index in [9.17, 15) is 19.7 Å². The molecule has 1 amide bonds. The van der Waals surface area contributed by atoms with Crippen LogP contribution in [0.2, 0.25) is 5.02 Å². The molecule has 0 atom stereocenters. The van der Waals surface area contributed by atoms with Crippen LogP contribution in [0.3, 0.4) is 0 Å². The van der Waals surface area contributed by atoms with Crippen molar-refractivity contribution >= 4 is 40.5 Å². The minimum Gasteiger partial charge on any atom is -0.452 e. The molecule has 0 aromatic heterocycles. The molecule has 0 aliphatic carbocycles. The summed E-state index contributed by atoms with van der Waals surface area (Å²) in [5.74, 6) is -1.33. The Bertz CT molecular complexity index is 895. The monoisotopic (exact) mass is 403 g/mol. The number of nitrogens with one attached hydrogen (secondary N) is 1. The van der Waals surface area contributed by atoms with Crippen molar-refractivity contribution in [1.29, 1.82) is 0 Å². The molecule has 1 saturated heterocycles. The summed E-state index contributed by atoms with van der Waals surface area (Å²) in [5.41, 5.74) is 1.42. The molecule has 2 aromatic rings. The van der Waals surface area contributed by atoms with Crippen molar-refractivity contribution in [3.05, 3.63) is 63.2 Å². The number of benzene rings is 2. The molecule has 0 radical (unpaired) electrons. The Morgan fingerprint density at radius 2 is 1.82 bits per heavy atom. The Hall–Kier alpha value is -3.13. The van der Waals surface area contributed by atoms with Gasteiger partial charge < -0.3 is 15.0 Å². The lowest BCUT2D eigenvalue weighted by Crippen LogP contribution is -2.21. The molecule has 9 heteroatoms. The van der Waals surface area contributed by atoms with E-state index in [-0.39, 0.29) is 16.3 Å². The number of hydrogen-bond donors (Lipinski definition) is 1. The predicted molar refractivity (Wildman–Crippen MR) is 105 cm³/mol. The number of nitro benzene ring substituents is 1. The zero-order valence-electron chi connectivity index (χ0n) is 14.9. The Morgan fingerprint density at radius 1 is 1.14 bits per heavy atom. The van der Waals surface area contributed by atoms with Crippen molar-refractivity contribution in [2.75, 3.05) is 29.9 Å². The number of hydrogen-bond acceptors (Lipinski definition) is 6. The molecule has 1 N–H and O–H groups in total. The van der Waals surface area contributed by atoms with Gasteiger partial charge in [0.25, 0.3) is 11.6 Å². The van der Waals surface area contributed by atoms with Crippen molar-refractivity contribution in [1.82, 2.24) is 0 Å². The van der Waals surface area contributed by atoms with Crippen LogP contribution >= 0.6 is 11.6 Å². The number of rotatable bonds is 6. The van der Waals surface area contributed by atoms with Crippen LogP contribution in [0.1, 0.15) is 23.2 Å². The van der Waals surface area contributed by atoms with Crippen LogP contribution in [0.25, 0.3) is 0 Å². The minimum absolute atomic E-state index is 0.0463. The third-order valence-corrected chi connectivity index (χ3v) is 4.65. The number of ether oxygens (including phenoxy) is 1. The fourth-order valence-corrected chi connectivity index (χ4v) is 3.17. The highest BCUT2D eigenvalue weighted by Gasteiger charge is 2.17. The molecule has 0 bridgehead atoms. The summed E-state index contributed by atoms with van der Waals surface area (Å²) in [6.45, 7) is 1.57. The number of nitro groups is 1. The van der Waals surface area contributed by atoms with Crippen LogP contribution in [-0.4, -0.2) is 36.5 Å². The molecule has 146 valence electrons. The van der Waals surface area contributed by atoms with Crippen LogP contribution in [-0.2, 0) is 9.53 Å². The number of non-ortho nitro benzene ring substituents is 1. The van der Waals surface area contributed by atoms with Crippen molar-refractivity contribution in [2.24, 2.45) is 0 Å². The lowest BCUT2D eigenvalue weighted by Gasteiger charge is -2.17. The largest absolute Gasteiger partial charge is 0.452 e. The summed E-state index contributed by atoms with van der Waals surface area (Å²) < 4.78 is 4.93. The van der Waals surface area contributed by atoms with Gasteiger partial charge in [0, 0.05) is 36.6 Å². The molecule has 1 aliphatic heterocycles. The third-order valence-electron chi connectivity index (χ3n) is 4.34. The highest BCUT2D eigenvalue weighted by atomic mass is 35.5. The molecule has 3 rings (SSSR count). The SMILES string of the molecule is O=C(COC(=O)c1ccc([N+](=O)[O-])cc1Cl)Nc1ccc(N2CCCC2)cc1. The van der Waals surface area contributed by atoms with E-state index in [4.69, 9.17) is 16.3 Å². The predicted octanol–water partition coefficient (Wildman–Crippen LogP) is 3.64. The Morgan fingerprint density at radius 3 is 2.43 bits per heavy atom. The van der Waals surface area contributed by atoms with Gasteiger partial charge in [-0.05, 0) is 43.2 Å². The molecule has 1 heterocycles. The Balaban J connectivity index is 1.52. The zero-order chi connectivity index (χ0) is 20.1. The van der Waals surface area contributed by atoms with Crippen molar-refractivity contribution in [3.63, 3.8) is 0 Å². The summed E-state index contributed by atoms with van der Waals surface area (Å²) in [6.07, 6.45) is 2.37. The maximum absolute atomic E-state index is 12.0. The first-order valence-electron chi connectivity index (χ1n) is 8.70. The second-order valence-electron chi connectivity index (χ2n) is 6.29. The molecule has 1 fully saturated rings. The fraction of sp³-hybridized carbons (Fsp3) is 0.263. The maximum Gasteiger partial charge on any atom is 0.340 e. The number of esters is 1. The van der Waals surface area contributed by atoms with Crippen LogP contribution < -0.4 is 10.2 Å². The van der Waals surface area contributed by atoms with Gasteiger partial charge >= 0.3 is 5.97 Å². The van der Waals surface area contributed by atoms with Gasteiger partial charge in [-0.2, -0.15) is 0 Å². The number of carbonyl (C=O) groups excluding carboxylic acids is 2. The van der Waals surface area contributed by atoms with Gasteiger partial charge in [-0.3, -0.25) is 14.9 Å². The minimum atomic E-state index is -0.834. The van der Waals surface area contributed by atoms with E-state index in [2.05, 4.69) is 10.2 Å². The van der Waals surface area contributed by atoms with Crippen LogP contribution in [0.5, 0.6) is 0 Å². The number of amides is 1. The lowest BCUT2D eigenvalue weighted by atomic mass is 10.2. The van der Waals surface area contributed by atoms with E-state index in [1.54, 1.807) is 12.1 Å². The zero-order valence-corrected chi connectivity index (χ0v) is 15.6. The van der Waals surface area contributed by atoms with E-state index in [1.165, 1.54) is 18.9 Å². The van der Waals surface area contributed by atoms with E-state index in [1.807, 2.05) is 12.1 Å². The number of anilines is 2. The standard InChI is InChI=1S/C19H18ClN3O5/c20-17-11-15(23(26)27)7-8-16(17)19(25)28-12-18(24)21-13-3-5-14(6-4-13)22-9-1-2-10-22/h3-8,11H,1-2,9-10,12H2,(H,21,24). The molecule has 8 nitrogen and oxygen atoms in total. The molecule has 0 unspecified atom stereocenters. The lowest BCUT2D eigenvalue weighted by molar-refractivity contribution is -0.384. The van der Waals surface area contributed by atoms with Gasteiger partial charge in [-0.25, -0.2) is 4.79 Å². The highest BCUT2D eigenvalue weighted by molar-refractivity contribution is 6.33. The number of halogens is 1. The average molecular weight is 404 g/mol. The summed E-state index contributed by atoms with van der Waals surface area (Å²) in [7, 11) is 0. The smallest absolute Gasteiger partial charge is 0.340 e. The highest BCUT2D eigenvalue weighted by Crippen LogP contribution is 2.24. The summed E-state index contributed by atoms with van der Waals surface area (Å²) in [4.78, 5) is 36.4. The van der Waals surface area contributed by atoms with Gasteiger partial charge in [0.2, 0.25) is 0 Å². The molecule has 2 aromatic carbocycles. The first-order chi connectivity index (χ1) is 13.4. The second-order valence-corrected chi connectivity index (χ2v) is 6.69. The summed E-state index contributed by atoms with van der Waals surface area (Å²) in [5, 5.41) is 13.2. The van der Waals surface area contributed by atoms with Gasteiger partial charge in [0.1, 0.15) is 0 Å². The van der Waals surface area contributed by atoms with Crippen molar-refractivity contribution in [3.8, 4) is 0 Å². The van der Waals surface area contributed by atoms with Crippen LogP contribution in [0.4, 0.5) is 17.1 Å². The summed E-state index contributed by atoms with van der Waals surface area (Å²) in [6, 6.07) is 10.8. The first-order valence-corrected chi connectivity index (χ1v) is 9.08. The van der Waals surface area contributed by atoms with Crippen molar-refractivity contribution in [2.45, 2.75) is 12.8 Å². The van der Waals surface area contributed by atoms with Crippen LogP contribution in [0, 0.1) is 10.1 Å². The van der Waals surface area contributed by atoms with Gasteiger partial charge in [0.15, 0.2) is 6.61 Å². The first kappa shape index (κ1) is 19.6. The Kier molecular flexibility index (Phi) is 6.10.